The van der Waals surface area contributed by atoms with Crippen molar-refractivity contribution in [2.24, 2.45) is 0 Å². The maximum atomic E-state index is 11.5. The number of hydrogen-bond acceptors (Lipinski definition) is 5. The minimum absolute atomic E-state index is 0.235. The number of rotatable bonds is 4. The van der Waals surface area contributed by atoms with Crippen LogP contribution in [0, 0.1) is 0 Å². The van der Waals surface area contributed by atoms with E-state index in [2.05, 4.69) is 15.2 Å². The summed E-state index contributed by atoms with van der Waals surface area (Å²) >= 11 is 0. The minimum Gasteiger partial charge on any atom is -0.496 e. The Balaban J connectivity index is 0.00000106. The number of carbonyl (C=O) groups excluding carboxylic acids is 1. The molecule has 21 heavy (non-hydrogen) atoms. The second kappa shape index (κ2) is 8.59. The molecule has 1 aromatic heterocycles. The minimum atomic E-state index is -0.246. The maximum Gasteiger partial charge on any atom is 0.269 e. The van der Waals surface area contributed by atoms with Crippen LogP contribution in [0.25, 0.3) is 0 Å². The molecule has 2 heterocycles. The monoisotopic (exact) mass is 295 g/mol. The van der Waals surface area contributed by atoms with Crippen LogP contribution in [0.4, 0.5) is 0 Å². The number of β-amino-alcohol motifs (C(OH)–C–C–N with tert-alkyl or cyclic N) is 1. The predicted molar refractivity (Wildman–Crippen MR) is 81.4 cm³/mol. The van der Waals surface area contributed by atoms with E-state index >= 15 is 0 Å². The van der Waals surface area contributed by atoms with Crippen molar-refractivity contribution in [3.8, 4) is 5.75 Å². The number of likely N-dealkylation sites (tertiary alicyclic amines) is 1. The molecule has 0 radical (unpaired) electrons. The first kappa shape index (κ1) is 17.4. The van der Waals surface area contributed by atoms with Crippen LogP contribution in [0.15, 0.2) is 12.3 Å². The molecule has 1 atom stereocenters. The third kappa shape index (κ3) is 4.68. The second-order valence-electron chi connectivity index (χ2n) is 4.64. The largest absolute Gasteiger partial charge is 0.496 e. The lowest BCUT2D eigenvalue weighted by Gasteiger charge is -2.17. The topological polar surface area (TPSA) is 74.7 Å². The van der Waals surface area contributed by atoms with Gasteiger partial charge in [0.05, 0.1) is 13.2 Å². The normalized spacial score (nSPS) is 17.9. The molecule has 2 rings (SSSR count). The van der Waals surface area contributed by atoms with E-state index in [0.717, 1.165) is 18.5 Å². The van der Waals surface area contributed by atoms with Crippen LogP contribution >= 0.6 is 0 Å². The number of carbonyl (C=O) groups is 1. The Kier molecular flexibility index (Phi) is 7.11. The summed E-state index contributed by atoms with van der Waals surface area (Å²) in [6.07, 6.45) is 2.21. The third-order valence-corrected chi connectivity index (χ3v) is 3.26. The maximum absolute atomic E-state index is 11.5. The highest BCUT2D eigenvalue weighted by molar-refractivity contribution is 5.92. The summed E-state index contributed by atoms with van der Waals surface area (Å²) in [5.41, 5.74) is 1.26. The molecule has 1 aliphatic heterocycles. The molecule has 1 fully saturated rings. The molecule has 118 valence electrons. The van der Waals surface area contributed by atoms with Crippen molar-refractivity contribution >= 4 is 5.91 Å². The van der Waals surface area contributed by atoms with E-state index in [1.54, 1.807) is 26.4 Å². The standard InChI is InChI=1S/C13H19N3O3.C2H6/c1-14-13(18)11-5-12(19-2)9(6-15-11)7-16-4-3-10(17)8-16;1-2/h5-6,10,17H,3-4,7-8H2,1-2H3,(H,14,18);1-2H3. The van der Waals surface area contributed by atoms with Crippen molar-refractivity contribution in [1.29, 1.82) is 0 Å². The molecule has 0 saturated carbocycles. The van der Waals surface area contributed by atoms with Crippen LogP contribution in [-0.2, 0) is 6.54 Å². The van der Waals surface area contributed by atoms with Gasteiger partial charge >= 0.3 is 0 Å². The Morgan fingerprint density at radius 3 is 2.81 bits per heavy atom. The fraction of sp³-hybridized carbons (Fsp3) is 0.600. The number of nitrogens with zero attached hydrogens (tertiary/aromatic N) is 2. The Bertz CT molecular complexity index is 465. The van der Waals surface area contributed by atoms with E-state index in [4.69, 9.17) is 4.74 Å². The highest BCUT2D eigenvalue weighted by atomic mass is 16.5. The van der Waals surface area contributed by atoms with Crippen LogP contribution in [-0.4, -0.2) is 54.2 Å². The average molecular weight is 295 g/mol. The van der Waals surface area contributed by atoms with Crippen LogP contribution in [0.2, 0.25) is 0 Å². The summed E-state index contributed by atoms with van der Waals surface area (Å²) in [5.74, 6) is 0.413. The first-order chi connectivity index (χ1) is 10.1. The molecule has 1 amide bonds. The van der Waals surface area contributed by atoms with Gasteiger partial charge in [0.25, 0.3) is 5.91 Å². The molecule has 6 nitrogen and oxygen atoms in total. The van der Waals surface area contributed by atoms with Gasteiger partial charge in [-0.05, 0) is 6.42 Å². The summed E-state index contributed by atoms with van der Waals surface area (Å²) in [6.45, 7) is 6.20. The number of aromatic nitrogens is 1. The number of methoxy groups -OCH3 is 1. The van der Waals surface area contributed by atoms with Gasteiger partial charge in [0.1, 0.15) is 11.4 Å². The third-order valence-electron chi connectivity index (χ3n) is 3.26. The van der Waals surface area contributed by atoms with Gasteiger partial charge in [-0.25, -0.2) is 0 Å². The highest BCUT2D eigenvalue weighted by Crippen LogP contribution is 2.22. The van der Waals surface area contributed by atoms with Crippen molar-refractivity contribution in [2.75, 3.05) is 27.2 Å². The summed E-state index contributed by atoms with van der Waals surface area (Å²) in [5, 5.41) is 12.0. The zero-order chi connectivity index (χ0) is 15.8. The van der Waals surface area contributed by atoms with E-state index in [1.807, 2.05) is 13.8 Å². The smallest absolute Gasteiger partial charge is 0.269 e. The number of nitrogens with one attached hydrogen (secondary N) is 1. The highest BCUT2D eigenvalue weighted by Gasteiger charge is 2.21. The number of amides is 1. The lowest BCUT2D eigenvalue weighted by Crippen LogP contribution is -2.23. The summed E-state index contributed by atoms with van der Waals surface area (Å²) in [4.78, 5) is 17.8. The lowest BCUT2D eigenvalue weighted by molar-refractivity contribution is 0.0957. The molecule has 1 saturated heterocycles. The lowest BCUT2D eigenvalue weighted by atomic mass is 10.2. The van der Waals surface area contributed by atoms with Gasteiger partial charge in [-0.15, -0.1) is 0 Å². The van der Waals surface area contributed by atoms with Gasteiger partial charge in [-0.1, -0.05) is 13.8 Å². The molecule has 0 bridgehead atoms. The summed E-state index contributed by atoms with van der Waals surface area (Å²) in [7, 11) is 3.14. The van der Waals surface area contributed by atoms with E-state index in [9.17, 15) is 9.90 Å². The van der Waals surface area contributed by atoms with Gasteiger partial charge in [0.2, 0.25) is 0 Å². The van der Waals surface area contributed by atoms with Crippen LogP contribution < -0.4 is 10.1 Å². The number of ether oxygens (including phenoxy) is 1. The molecule has 6 heteroatoms. The Morgan fingerprint density at radius 2 is 2.29 bits per heavy atom. The molecule has 0 aromatic carbocycles. The molecular formula is C15H25N3O3. The Hall–Kier alpha value is -1.66. The number of aliphatic hydroxyl groups excluding tert-OH is 1. The van der Waals surface area contributed by atoms with E-state index in [0.29, 0.717) is 24.5 Å². The molecule has 2 N–H and O–H groups in total. The fourth-order valence-corrected chi connectivity index (χ4v) is 2.22. The molecule has 1 unspecified atom stereocenters. The quantitative estimate of drug-likeness (QED) is 0.868. The van der Waals surface area contributed by atoms with Crippen LogP contribution in [0.3, 0.4) is 0 Å². The van der Waals surface area contributed by atoms with E-state index in [-0.39, 0.29) is 12.0 Å². The SMILES string of the molecule is CC.CNC(=O)c1cc(OC)c(CN2CCC(O)C2)cn1. The van der Waals surface area contributed by atoms with Gasteiger partial charge in [0, 0.05) is 44.5 Å². The Morgan fingerprint density at radius 1 is 1.57 bits per heavy atom. The fourth-order valence-electron chi connectivity index (χ4n) is 2.22. The van der Waals surface area contributed by atoms with Crippen LogP contribution in [0.5, 0.6) is 5.75 Å². The second-order valence-corrected chi connectivity index (χ2v) is 4.64. The van der Waals surface area contributed by atoms with E-state index < -0.39 is 0 Å². The van der Waals surface area contributed by atoms with Crippen molar-refractivity contribution < 1.29 is 14.6 Å². The predicted octanol–water partition coefficient (Wildman–Crippen LogP) is 1.04. The van der Waals surface area contributed by atoms with Gasteiger partial charge < -0.3 is 15.2 Å². The summed E-state index contributed by atoms with van der Waals surface area (Å²) < 4.78 is 5.31. The molecule has 1 aliphatic rings. The first-order valence-electron chi connectivity index (χ1n) is 7.29. The average Bonchev–Trinajstić information content (AvgIpc) is 2.94. The Labute approximate surface area is 126 Å². The first-order valence-corrected chi connectivity index (χ1v) is 7.29. The van der Waals surface area contributed by atoms with Gasteiger partial charge in [-0.3, -0.25) is 14.7 Å². The number of hydrogen-bond donors (Lipinski definition) is 2. The number of pyridine rings is 1. The van der Waals surface area contributed by atoms with Crippen molar-refractivity contribution in [1.82, 2.24) is 15.2 Å². The van der Waals surface area contributed by atoms with Gasteiger partial charge in [-0.2, -0.15) is 0 Å². The van der Waals surface area contributed by atoms with Crippen molar-refractivity contribution in [2.45, 2.75) is 32.9 Å². The van der Waals surface area contributed by atoms with Crippen LogP contribution in [0.1, 0.15) is 36.3 Å². The van der Waals surface area contributed by atoms with Crippen molar-refractivity contribution in [3.63, 3.8) is 0 Å². The molecule has 1 aromatic rings. The van der Waals surface area contributed by atoms with E-state index in [1.165, 1.54) is 0 Å². The zero-order valence-corrected chi connectivity index (χ0v) is 13.2. The molecule has 0 spiro atoms. The van der Waals surface area contributed by atoms with Gasteiger partial charge in [0.15, 0.2) is 0 Å². The summed E-state index contributed by atoms with van der Waals surface area (Å²) in [6, 6.07) is 1.64. The molecular weight excluding hydrogens is 270 g/mol. The number of aliphatic hydroxyl groups is 1. The molecule has 0 aliphatic carbocycles. The van der Waals surface area contributed by atoms with Crippen molar-refractivity contribution in [3.05, 3.63) is 23.5 Å². The zero-order valence-electron chi connectivity index (χ0n) is 13.2.